The van der Waals surface area contributed by atoms with Gasteiger partial charge in [0.15, 0.2) is 12.1 Å². The predicted octanol–water partition coefficient (Wildman–Crippen LogP) is 0.936. The Morgan fingerprint density at radius 3 is 1.94 bits per heavy atom. The molecular weight excluding hydrogens is 851 g/mol. The molecule has 3 rings (SSSR count). The zero-order valence-corrected chi connectivity index (χ0v) is 37.8. The number of fused-ring (bicyclic) bond motifs is 2. The standard InChI is InChI=1S/C47H75NO17/c1-27-17-15-13-11-9-7-5-6-8-10-12-14-16-18-34(64-46-44(58)41(48)43(57)30(4)63-46)24-38-40(45(59)60)37(54)26-47(61,65-38)25-36(53)35(52)20-19-31(49)21-32(50)22-33(51)23-39(55)62-29(3)28(2)42(27)56/h5-6,8,10-18,27-38,40-44,46,49-54,56-58,61H,7,9,19-26,48H2,1-4H3,(H,59,60)/b6-5+,10-8+,13-11+,14-12+,17-15+,18-16+/t27-,28-,29-,30-,31+,32+,33+,34-,35+,36+,37-,38-,40+,41-,42+,43+,44-,46+,47+/m0/s1. The van der Waals surface area contributed by atoms with Crippen LogP contribution in [0.15, 0.2) is 72.9 Å². The topological polar surface area (TPSA) is 320 Å². The average Bonchev–Trinajstić information content (AvgIpc) is 3.21. The second kappa shape index (κ2) is 27.6. The van der Waals surface area contributed by atoms with Crippen molar-refractivity contribution in [3.63, 3.8) is 0 Å². The SMILES string of the molecule is C[C@@H]1[C@H](O)[C@@H](C)/C=C/C=C/CC/C=C/C=C/C=C/C=C/[C@H](O[C@H]2O[C@@H](C)[C@@H](O)[C@H](N)[C@@H]2O)C[C@@H]2O[C@](O)(C[C@@H](O)[C@H](O)CC[C@@H](O)C[C@@H](O)C[C@@H](O)CC(=O)O[C@H]1C)C[C@H](O)[C@H]2C(=O)O. The normalized spacial score (nSPS) is 45.2. The van der Waals surface area contributed by atoms with E-state index >= 15 is 0 Å². The maximum Gasteiger partial charge on any atom is 0.311 e. The van der Waals surface area contributed by atoms with Crippen LogP contribution in [0, 0.1) is 17.8 Å². The summed E-state index contributed by atoms with van der Waals surface area (Å²) in [6.07, 6.45) is 2.28. The van der Waals surface area contributed by atoms with Gasteiger partial charge in [-0.05, 0) is 52.4 Å². The van der Waals surface area contributed by atoms with Crippen LogP contribution in [0.2, 0.25) is 0 Å². The molecule has 0 radical (unpaired) electrons. The summed E-state index contributed by atoms with van der Waals surface area (Å²) in [6, 6.07) is -1.14. The lowest BCUT2D eigenvalue weighted by molar-refractivity contribution is -0.310. The number of nitrogens with two attached hydrogens (primary N) is 1. The van der Waals surface area contributed by atoms with Crippen LogP contribution >= 0.6 is 0 Å². The van der Waals surface area contributed by atoms with Crippen LogP contribution in [0.25, 0.3) is 0 Å². The molecule has 0 amide bonds. The van der Waals surface area contributed by atoms with Crippen molar-refractivity contribution in [2.24, 2.45) is 23.5 Å². The first-order valence-electron chi connectivity index (χ1n) is 22.6. The van der Waals surface area contributed by atoms with Crippen LogP contribution in [0.3, 0.4) is 0 Å². The van der Waals surface area contributed by atoms with Gasteiger partial charge in [0, 0.05) is 31.1 Å². The van der Waals surface area contributed by atoms with Crippen LogP contribution < -0.4 is 5.73 Å². The summed E-state index contributed by atoms with van der Waals surface area (Å²) >= 11 is 0. The first-order chi connectivity index (χ1) is 30.6. The third kappa shape index (κ3) is 18.8. The number of cyclic esters (lactones) is 1. The number of carbonyl (C=O) groups excluding carboxylic acids is 1. The summed E-state index contributed by atoms with van der Waals surface area (Å²) in [4.78, 5) is 25.1. The van der Waals surface area contributed by atoms with E-state index in [1.807, 2.05) is 49.5 Å². The second-order valence-electron chi connectivity index (χ2n) is 17.8. The molecule has 18 heteroatoms. The maximum absolute atomic E-state index is 12.6. The fourth-order valence-electron chi connectivity index (χ4n) is 8.11. The quantitative estimate of drug-likeness (QED) is 0.175. The highest BCUT2D eigenvalue weighted by molar-refractivity contribution is 5.71. The zero-order chi connectivity index (χ0) is 48.4. The molecule has 2 bridgehead atoms. The molecule has 65 heavy (non-hydrogen) atoms. The van der Waals surface area contributed by atoms with Crippen molar-refractivity contribution in [3.05, 3.63) is 72.9 Å². The van der Waals surface area contributed by atoms with E-state index in [1.165, 1.54) is 13.0 Å². The predicted molar refractivity (Wildman–Crippen MR) is 237 cm³/mol. The number of esters is 1. The Morgan fingerprint density at radius 2 is 1.28 bits per heavy atom. The lowest BCUT2D eigenvalue weighted by Crippen LogP contribution is -2.61. The molecule has 2 saturated heterocycles. The van der Waals surface area contributed by atoms with Crippen LogP contribution in [0.4, 0.5) is 0 Å². The number of aliphatic carboxylic acids is 1. The third-order valence-electron chi connectivity index (χ3n) is 12.2. The van der Waals surface area contributed by atoms with E-state index in [1.54, 1.807) is 38.2 Å². The first-order valence-corrected chi connectivity index (χ1v) is 22.6. The van der Waals surface area contributed by atoms with Crippen molar-refractivity contribution in [3.8, 4) is 0 Å². The van der Waals surface area contributed by atoms with Gasteiger partial charge in [-0.25, -0.2) is 0 Å². The van der Waals surface area contributed by atoms with Gasteiger partial charge in [0.2, 0.25) is 0 Å². The smallest absolute Gasteiger partial charge is 0.311 e. The molecular formula is C47H75NO17. The van der Waals surface area contributed by atoms with Gasteiger partial charge in [0.05, 0.1) is 79.6 Å². The number of hydrogen-bond donors (Lipinski definition) is 12. The number of aliphatic hydroxyl groups is 10. The maximum atomic E-state index is 12.6. The number of carbonyl (C=O) groups is 2. The Balaban J connectivity index is 1.84. The molecule has 3 heterocycles. The number of ether oxygens (including phenoxy) is 4. The van der Waals surface area contributed by atoms with Crippen molar-refractivity contribution in [1.29, 1.82) is 0 Å². The number of allylic oxidation sites excluding steroid dienone is 10. The van der Waals surface area contributed by atoms with E-state index in [0.29, 0.717) is 0 Å². The van der Waals surface area contributed by atoms with Gasteiger partial charge >= 0.3 is 11.9 Å². The molecule has 0 saturated carbocycles. The average molecular weight is 926 g/mol. The third-order valence-corrected chi connectivity index (χ3v) is 12.2. The van der Waals surface area contributed by atoms with E-state index < -0.39 is 141 Å². The molecule has 0 aromatic rings. The van der Waals surface area contributed by atoms with Crippen molar-refractivity contribution in [1.82, 2.24) is 0 Å². The van der Waals surface area contributed by atoms with Crippen LogP contribution in [0.1, 0.15) is 91.9 Å². The van der Waals surface area contributed by atoms with Crippen molar-refractivity contribution >= 4 is 11.9 Å². The number of carboxylic acids is 1. The molecule has 0 unspecified atom stereocenters. The van der Waals surface area contributed by atoms with Crippen LogP contribution in [-0.2, 0) is 28.5 Å². The minimum atomic E-state index is -2.35. The Hall–Kier alpha value is -3.18. The zero-order valence-electron chi connectivity index (χ0n) is 37.8. The lowest BCUT2D eigenvalue weighted by Gasteiger charge is -2.45. The van der Waals surface area contributed by atoms with Crippen molar-refractivity contribution < 1.29 is 84.7 Å². The summed E-state index contributed by atoms with van der Waals surface area (Å²) in [7, 11) is 0. The Kier molecular flexibility index (Phi) is 23.8. The van der Waals surface area contributed by atoms with Gasteiger partial charge in [0.25, 0.3) is 0 Å². The van der Waals surface area contributed by atoms with E-state index in [0.717, 1.165) is 12.8 Å². The summed E-state index contributed by atoms with van der Waals surface area (Å²) in [5, 5.41) is 118. The van der Waals surface area contributed by atoms with Gasteiger partial charge in [-0.1, -0.05) is 86.8 Å². The number of hydrogen-bond acceptors (Lipinski definition) is 17. The monoisotopic (exact) mass is 926 g/mol. The highest BCUT2D eigenvalue weighted by Gasteiger charge is 2.51. The molecule has 0 spiro atoms. The van der Waals surface area contributed by atoms with Crippen LogP contribution in [0.5, 0.6) is 0 Å². The van der Waals surface area contributed by atoms with E-state index in [4.69, 9.17) is 24.7 Å². The molecule has 19 atom stereocenters. The van der Waals surface area contributed by atoms with Crippen molar-refractivity contribution in [2.75, 3.05) is 0 Å². The summed E-state index contributed by atoms with van der Waals surface area (Å²) < 4.78 is 23.2. The summed E-state index contributed by atoms with van der Waals surface area (Å²) in [5.74, 6) is -6.82. The van der Waals surface area contributed by atoms with Gasteiger partial charge in [0.1, 0.15) is 18.1 Å². The molecule has 370 valence electrons. The van der Waals surface area contributed by atoms with Gasteiger partial charge in [-0.2, -0.15) is 0 Å². The highest BCUT2D eigenvalue weighted by Crippen LogP contribution is 2.38. The minimum absolute atomic E-state index is 0.138. The Labute approximate surface area is 381 Å². The second-order valence-corrected chi connectivity index (χ2v) is 17.8. The van der Waals surface area contributed by atoms with E-state index in [-0.39, 0.29) is 38.0 Å². The molecule has 2 fully saturated rings. The van der Waals surface area contributed by atoms with Crippen LogP contribution in [-0.4, -0.2) is 166 Å². The lowest BCUT2D eigenvalue weighted by atomic mass is 9.82. The number of rotatable bonds is 3. The van der Waals surface area contributed by atoms with E-state index in [9.17, 15) is 65.8 Å². The van der Waals surface area contributed by atoms with Gasteiger partial charge < -0.3 is 80.9 Å². The molecule has 0 aromatic carbocycles. The van der Waals surface area contributed by atoms with E-state index in [2.05, 4.69) is 0 Å². The summed E-state index contributed by atoms with van der Waals surface area (Å²) in [6.45, 7) is 6.78. The minimum Gasteiger partial charge on any atom is -0.481 e. The molecule has 18 nitrogen and oxygen atoms in total. The molecule has 3 aliphatic rings. The van der Waals surface area contributed by atoms with Gasteiger partial charge in [-0.15, -0.1) is 0 Å². The highest BCUT2D eigenvalue weighted by atomic mass is 16.7. The first kappa shape index (κ1) is 56.1. The number of carboxylic acid groups (broad SMARTS) is 1. The largest absolute Gasteiger partial charge is 0.481 e. The molecule has 13 N–H and O–H groups in total. The number of aliphatic hydroxyl groups excluding tert-OH is 9. The molecule has 0 aromatic heterocycles. The molecule has 3 aliphatic heterocycles. The fraction of sp³-hybridized carbons (Fsp3) is 0.702. The van der Waals surface area contributed by atoms with Gasteiger partial charge in [-0.3, -0.25) is 9.59 Å². The Morgan fingerprint density at radius 1 is 0.692 bits per heavy atom. The summed E-state index contributed by atoms with van der Waals surface area (Å²) in [5.41, 5.74) is 6.02. The molecule has 0 aliphatic carbocycles. The Bertz CT molecular complexity index is 1620. The fourth-order valence-corrected chi connectivity index (χ4v) is 8.11. The van der Waals surface area contributed by atoms with Crippen molar-refractivity contribution in [2.45, 2.75) is 189 Å².